The van der Waals surface area contributed by atoms with Crippen molar-refractivity contribution in [2.24, 2.45) is 0 Å². The molecule has 0 saturated heterocycles. The standard InChI is InChI=1S/Cr.4O.2Ti/q+3;4*-2;2*+4. The summed E-state index contributed by atoms with van der Waals surface area (Å²) < 4.78 is 0. The third kappa shape index (κ3) is 80.9. The van der Waals surface area contributed by atoms with Crippen LogP contribution in [0.25, 0.3) is 0 Å². The fraction of sp³-hybridized carbons (Fsp3) is 0. The van der Waals surface area contributed by atoms with Gasteiger partial charge >= 0.3 is 60.8 Å². The van der Waals surface area contributed by atoms with Crippen molar-refractivity contribution < 1.29 is 82.7 Å². The van der Waals surface area contributed by atoms with Crippen LogP contribution in [0.5, 0.6) is 0 Å². The Balaban J connectivity index is 0. The molecule has 0 atom stereocenters. The van der Waals surface area contributed by atoms with Crippen LogP contribution in [-0.2, 0) is 82.7 Å². The molecule has 7 heavy (non-hydrogen) atoms. The first-order valence-electron chi connectivity index (χ1n) is 0. The SMILES string of the molecule is [Cr+3].[O-2].[O-2].[O-2].[O-2].[Ti+4].[Ti+4]. The van der Waals surface area contributed by atoms with Crippen LogP contribution in [0.1, 0.15) is 0 Å². The van der Waals surface area contributed by atoms with Crippen molar-refractivity contribution in [2.75, 3.05) is 0 Å². The van der Waals surface area contributed by atoms with E-state index < -0.39 is 0 Å². The molecule has 0 rings (SSSR count). The van der Waals surface area contributed by atoms with Crippen LogP contribution in [-0.4, -0.2) is 0 Å². The first-order chi connectivity index (χ1) is 0. The van der Waals surface area contributed by atoms with E-state index in [1.54, 1.807) is 0 Å². The molecule has 0 aromatic carbocycles. The summed E-state index contributed by atoms with van der Waals surface area (Å²) in [4.78, 5) is 0. The molecule has 35 valence electrons. The van der Waals surface area contributed by atoms with Crippen LogP contribution in [0.4, 0.5) is 0 Å². The van der Waals surface area contributed by atoms with Crippen LogP contribution >= 0.6 is 0 Å². The van der Waals surface area contributed by atoms with Crippen LogP contribution in [0.15, 0.2) is 0 Å². The van der Waals surface area contributed by atoms with E-state index in [2.05, 4.69) is 0 Å². The number of hydrogen-bond donors (Lipinski definition) is 0. The predicted octanol–water partition coefficient (Wildman–Crippen LogP) is -0.483. The van der Waals surface area contributed by atoms with Crippen molar-refractivity contribution in [3.8, 4) is 0 Å². The summed E-state index contributed by atoms with van der Waals surface area (Å²) in [5, 5.41) is 0. The van der Waals surface area contributed by atoms with Crippen LogP contribution < -0.4 is 0 Å². The summed E-state index contributed by atoms with van der Waals surface area (Å²) in [7, 11) is 0. The molecule has 0 amide bonds. The molecule has 0 saturated carbocycles. The summed E-state index contributed by atoms with van der Waals surface area (Å²) in [6.07, 6.45) is 0. The van der Waals surface area contributed by atoms with E-state index >= 15 is 0 Å². The van der Waals surface area contributed by atoms with Gasteiger partial charge in [-0.3, -0.25) is 0 Å². The Bertz CT molecular complexity index is 9.65. The van der Waals surface area contributed by atoms with Gasteiger partial charge in [-0.2, -0.15) is 0 Å². The van der Waals surface area contributed by atoms with Crippen molar-refractivity contribution in [2.45, 2.75) is 0 Å². The van der Waals surface area contributed by atoms with Gasteiger partial charge in [-0.1, -0.05) is 0 Å². The monoisotopic (exact) mass is 212 g/mol. The molecule has 0 fully saturated rings. The van der Waals surface area contributed by atoms with Gasteiger partial charge in [0.1, 0.15) is 0 Å². The topological polar surface area (TPSA) is 114 Å². The molecule has 0 heterocycles. The number of rotatable bonds is 0. The zero-order valence-electron chi connectivity index (χ0n) is 3.04. The fourth-order valence-electron chi connectivity index (χ4n) is 0. The van der Waals surface area contributed by atoms with Gasteiger partial charge in [0.25, 0.3) is 0 Å². The molecule has 1 radical (unpaired) electrons. The molecule has 4 nitrogen and oxygen atoms in total. The van der Waals surface area contributed by atoms with Gasteiger partial charge in [0, 0.05) is 0 Å². The maximum absolute atomic E-state index is 0. The van der Waals surface area contributed by atoms with E-state index in [1.165, 1.54) is 0 Å². The van der Waals surface area contributed by atoms with E-state index in [-0.39, 0.29) is 82.7 Å². The van der Waals surface area contributed by atoms with E-state index in [9.17, 15) is 0 Å². The largest absolute Gasteiger partial charge is 4.00 e. The smallest absolute Gasteiger partial charge is 2.00 e. The van der Waals surface area contributed by atoms with Gasteiger partial charge in [-0.15, -0.1) is 0 Å². The van der Waals surface area contributed by atoms with Gasteiger partial charge < -0.3 is 21.9 Å². The summed E-state index contributed by atoms with van der Waals surface area (Å²) in [5.41, 5.74) is 0. The molecule has 0 aliphatic carbocycles. The first kappa shape index (κ1) is 165. The maximum Gasteiger partial charge on any atom is 4.00 e. The first-order valence-corrected chi connectivity index (χ1v) is 0. The molecule has 0 N–H and O–H groups in total. The Kier molecular flexibility index (Phi) is 2620. The van der Waals surface area contributed by atoms with Crippen LogP contribution in [0.3, 0.4) is 0 Å². The van der Waals surface area contributed by atoms with Crippen molar-refractivity contribution >= 4 is 0 Å². The van der Waals surface area contributed by atoms with Crippen molar-refractivity contribution in [1.82, 2.24) is 0 Å². The van der Waals surface area contributed by atoms with Crippen LogP contribution in [0, 0.1) is 0 Å². The zero-order valence-corrected chi connectivity index (χ0v) is 7.44. The van der Waals surface area contributed by atoms with E-state index in [4.69, 9.17) is 0 Å². The Morgan fingerprint density at radius 3 is 0.429 bits per heavy atom. The third-order valence-corrected chi connectivity index (χ3v) is 0. The van der Waals surface area contributed by atoms with Crippen molar-refractivity contribution in [1.29, 1.82) is 0 Å². The second-order valence-electron chi connectivity index (χ2n) is 0. The molecular formula is CrO4Ti2+3. The van der Waals surface area contributed by atoms with E-state index in [0.29, 0.717) is 0 Å². The van der Waals surface area contributed by atoms with Crippen molar-refractivity contribution in [3.05, 3.63) is 0 Å². The van der Waals surface area contributed by atoms with Crippen molar-refractivity contribution in [3.63, 3.8) is 0 Å². The molecule has 0 spiro atoms. The Labute approximate surface area is 82.2 Å². The molecule has 0 unspecified atom stereocenters. The second-order valence-corrected chi connectivity index (χ2v) is 0. The zero-order chi connectivity index (χ0) is 0. The summed E-state index contributed by atoms with van der Waals surface area (Å²) in [6.45, 7) is 0. The van der Waals surface area contributed by atoms with E-state index in [0.717, 1.165) is 0 Å². The minimum absolute atomic E-state index is 0. The van der Waals surface area contributed by atoms with Gasteiger partial charge in [0.05, 0.1) is 0 Å². The quantitative estimate of drug-likeness (QED) is 0.482. The molecule has 7 heteroatoms. The molecule has 0 aliphatic heterocycles. The number of hydrogen-bond acceptors (Lipinski definition) is 0. The minimum Gasteiger partial charge on any atom is -2.00 e. The Morgan fingerprint density at radius 1 is 0.429 bits per heavy atom. The second kappa shape index (κ2) is 111. The molecule has 0 aliphatic rings. The van der Waals surface area contributed by atoms with Gasteiger partial charge in [-0.25, -0.2) is 0 Å². The van der Waals surface area contributed by atoms with Gasteiger partial charge in [-0.05, 0) is 0 Å². The Hall–Kier alpha value is 1.80. The molecular weight excluding hydrogens is 212 g/mol. The van der Waals surface area contributed by atoms with Gasteiger partial charge in [0.2, 0.25) is 0 Å². The van der Waals surface area contributed by atoms with Crippen LogP contribution in [0.2, 0.25) is 0 Å². The predicted molar refractivity (Wildman–Crippen MR) is 2.75 cm³/mol. The maximum atomic E-state index is 0. The molecule has 0 aromatic heterocycles. The minimum atomic E-state index is 0. The molecule has 0 aromatic rings. The van der Waals surface area contributed by atoms with E-state index in [1.807, 2.05) is 0 Å². The third-order valence-electron chi connectivity index (χ3n) is 0. The summed E-state index contributed by atoms with van der Waals surface area (Å²) in [6, 6.07) is 0. The molecule has 0 bridgehead atoms. The average Bonchev–Trinajstić information content (AvgIpc) is 0. The average molecular weight is 212 g/mol. The summed E-state index contributed by atoms with van der Waals surface area (Å²) in [5.74, 6) is 0. The normalized spacial score (nSPS) is 0. The summed E-state index contributed by atoms with van der Waals surface area (Å²) >= 11 is 0. The van der Waals surface area contributed by atoms with Gasteiger partial charge in [0.15, 0.2) is 0 Å². The Morgan fingerprint density at radius 2 is 0.429 bits per heavy atom. The fourth-order valence-corrected chi connectivity index (χ4v) is 0.